The molecule has 6 nitrogen and oxygen atoms in total. The molecule has 0 radical (unpaired) electrons. The standard InChI is InChI=1S/C28H36N2O4/c31-27(21-34-25-13-5-4-6-14-25)30-18-10-3-1-2-9-17-29(24-11-7-8-12-24)20-23-19-22(28(32)33)15-16-26(23)30/h4-6,13-16,19,24H,1-3,7-12,17-18,20-21H2,(H,32,33). The van der Waals surface area contributed by atoms with Crippen molar-refractivity contribution < 1.29 is 19.4 Å². The Hall–Kier alpha value is -2.86. The van der Waals surface area contributed by atoms with Crippen molar-refractivity contribution in [1.82, 2.24) is 4.90 Å². The highest BCUT2D eigenvalue weighted by Gasteiger charge is 2.26. The third-order valence-corrected chi connectivity index (χ3v) is 7.07. The van der Waals surface area contributed by atoms with Gasteiger partial charge in [0.15, 0.2) is 6.61 Å². The van der Waals surface area contributed by atoms with Crippen molar-refractivity contribution in [3.8, 4) is 5.75 Å². The summed E-state index contributed by atoms with van der Waals surface area (Å²) in [4.78, 5) is 29.5. The number of hydrogen-bond donors (Lipinski definition) is 1. The summed E-state index contributed by atoms with van der Waals surface area (Å²) in [6.45, 7) is 2.26. The molecule has 34 heavy (non-hydrogen) atoms. The van der Waals surface area contributed by atoms with Crippen molar-refractivity contribution in [2.45, 2.75) is 70.4 Å². The largest absolute Gasteiger partial charge is 0.484 e. The second-order valence-electron chi connectivity index (χ2n) is 9.47. The number of amides is 1. The Morgan fingerprint density at radius 2 is 1.59 bits per heavy atom. The van der Waals surface area contributed by atoms with E-state index in [0.717, 1.165) is 37.1 Å². The molecule has 182 valence electrons. The lowest BCUT2D eigenvalue weighted by Crippen LogP contribution is -2.38. The minimum atomic E-state index is -0.938. The van der Waals surface area contributed by atoms with Crippen LogP contribution < -0.4 is 9.64 Å². The molecule has 1 N–H and O–H groups in total. The Balaban J connectivity index is 1.63. The van der Waals surface area contributed by atoms with E-state index in [1.807, 2.05) is 41.3 Å². The summed E-state index contributed by atoms with van der Waals surface area (Å²) in [7, 11) is 0. The number of anilines is 1. The summed E-state index contributed by atoms with van der Waals surface area (Å²) >= 11 is 0. The minimum absolute atomic E-state index is 0.0452. The van der Waals surface area contributed by atoms with Gasteiger partial charge >= 0.3 is 5.97 Å². The molecule has 2 aromatic rings. The van der Waals surface area contributed by atoms with Gasteiger partial charge in [0, 0.05) is 24.8 Å². The Morgan fingerprint density at radius 1 is 0.882 bits per heavy atom. The van der Waals surface area contributed by atoms with Crippen LogP contribution >= 0.6 is 0 Å². The highest BCUT2D eigenvalue weighted by Crippen LogP contribution is 2.30. The molecular weight excluding hydrogens is 428 g/mol. The van der Waals surface area contributed by atoms with Crippen molar-refractivity contribution >= 4 is 17.6 Å². The van der Waals surface area contributed by atoms with Crippen molar-refractivity contribution in [2.75, 3.05) is 24.6 Å². The number of rotatable bonds is 5. The molecule has 1 fully saturated rings. The first-order chi connectivity index (χ1) is 16.6. The van der Waals surface area contributed by atoms with Gasteiger partial charge in [-0.15, -0.1) is 0 Å². The molecule has 0 aromatic heterocycles. The van der Waals surface area contributed by atoms with Gasteiger partial charge in [-0.2, -0.15) is 0 Å². The second kappa shape index (κ2) is 12.0. The van der Waals surface area contributed by atoms with Gasteiger partial charge in [0.05, 0.1) is 5.56 Å². The fraction of sp³-hybridized carbons (Fsp3) is 0.500. The highest BCUT2D eigenvalue weighted by atomic mass is 16.5. The van der Waals surface area contributed by atoms with Gasteiger partial charge in [-0.25, -0.2) is 4.79 Å². The normalized spacial score (nSPS) is 18.5. The number of carbonyl (C=O) groups is 2. The molecule has 1 aliphatic heterocycles. The molecular formula is C28H36N2O4. The van der Waals surface area contributed by atoms with Crippen LogP contribution in [-0.2, 0) is 11.3 Å². The third kappa shape index (κ3) is 6.38. The predicted octanol–water partition coefficient (Wildman–Crippen LogP) is 5.51. The molecule has 2 aliphatic rings. The van der Waals surface area contributed by atoms with E-state index in [4.69, 9.17) is 4.74 Å². The average molecular weight is 465 g/mol. The SMILES string of the molecule is O=C(O)c1ccc2c(c1)CN(C1CCCC1)CCCCCCCN2C(=O)COc1ccccc1. The lowest BCUT2D eigenvalue weighted by molar-refractivity contribution is -0.120. The van der Waals surface area contributed by atoms with Crippen molar-refractivity contribution in [3.63, 3.8) is 0 Å². The number of aromatic carboxylic acids is 1. The molecule has 4 rings (SSSR count). The molecule has 0 saturated heterocycles. The number of hydrogen-bond acceptors (Lipinski definition) is 4. The minimum Gasteiger partial charge on any atom is -0.484 e. The van der Waals surface area contributed by atoms with Gasteiger partial charge < -0.3 is 14.7 Å². The summed E-state index contributed by atoms with van der Waals surface area (Å²) in [5.74, 6) is -0.372. The molecule has 0 unspecified atom stereocenters. The van der Waals surface area contributed by atoms with E-state index in [9.17, 15) is 14.7 Å². The Kier molecular flexibility index (Phi) is 8.58. The number of carbonyl (C=O) groups excluding carboxylic acids is 1. The molecule has 0 spiro atoms. The van der Waals surface area contributed by atoms with E-state index in [2.05, 4.69) is 4.90 Å². The van der Waals surface area contributed by atoms with Gasteiger partial charge in [0.25, 0.3) is 5.91 Å². The zero-order valence-electron chi connectivity index (χ0n) is 20.0. The zero-order chi connectivity index (χ0) is 23.8. The lowest BCUT2D eigenvalue weighted by Gasteiger charge is -2.32. The number of para-hydroxylation sites is 1. The molecule has 1 aliphatic carbocycles. The first-order valence-corrected chi connectivity index (χ1v) is 12.7. The maximum absolute atomic E-state index is 13.4. The van der Waals surface area contributed by atoms with Crippen molar-refractivity contribution in [1.29, 1.82) is 0 Å². The van der Waals surface area contributed by atoms with Crippen molar-refractivity contribution in [3.05, 3.63) is 59.7 Å². The fourth-order valence-corrected chi connectivity index (χ4v) is 5.22. The number of ether oxygens (including phenoxy) is 1. The van der Waals surface area contributed by atoms with Crippen LogP contribution in [0.1, 0.15) is 73.7 Å². The number of carboxylic acid groups (broad SMARTS) is 1. The Bertz CT molecular complexity index is 956. The second-order valence-corrected chi connectivity index (χ2v) is 9.47. The van der Waals surface area contributed by atoms with Crippen LogP contribution in [0.3, 0.4) is 0 Å². The summed E-state index contributed by atoms with van der Waals surface area (Å²) in [5, 5.41) is 9.64. The van der Waals surface area contributed by atoms with E-state index in [1.54, 1.807) is 12.1 Å². The van der Waals surface area contributed by atoms with Crippen LogP contribution in [0.2, 0.25) is 0 Å². The van der Waals surface area contributed by atoms with Gasteiger partial charge in [-0.3, -0.25) is 9.69 Å². The van der Waals surface area contributed by atoms with Crippen LogP contribution in [0, 0.1) is 0 Å². The highest BCUT2D eigenvalue weighted by molar-refractivity contribution is 5.96. The molecule has 1 heterocycles. The molecule has 6 heteroatoms. The zero-order valence-corrected chi connectivity index (χ0v) is 20.0. The van der Waals surface area contributed by atoms with Crippen LogP contribution in [0.25, 0.3) is 0 Å². The van der Waals surface area contributed by atoms with Gasteiger partial charge in [-0.1, -0.05) is 50.3 Å². The molecule has 1 saturated carbocycles. The molecule has 0 atom stereocenters. The van der Waals surface area contributed by atoms with Crippen molar-refractivity contribution in [2.24, 2.45) is 0 Å². The summed E-state index contributed by atoms with van der Waals surface area (Å²) in [6.07, 6.45) is 10.4. The van der Waals surface area contributed by atoms with E-state index in [1.165, 1.54) is 38.5 Å². The molecule has 1 amide bonds. The predicted molar refractivity (Wildman–Crippen MR) is 133 cm³/mol. The smallest absolute Gasteiger partial charge is 0.335 e. The van der Waals surface area contributed by atoms with Crippen LogP contribution in [0.15, 0.2) is 48.5 Å². The Morgan fingerprint density at radius 3 is 2.32 bits per heavy atom. The van der Waals surface area contributed by atoms with Gasteiger partial charge in [-0.05, 0) is 68.1 Å². The quantitative estimate of drug-likeness (QED) is 0.632. The van der Waals surface area contributed by atoms with E-state index in [-0.39, 0.29) is 18.1 Å². The first-order valence-electron chi connectivity index (χ1n) is 12.7. The fourth-order valence-electron chi connectivity index (χ4n) is 5.22. The lowest BCUT2D eigenvalue weighted by atomic mass is 10.0. The maximum Gasteiger partial charge on any atom is 0.335 e. The number of nitrogens with zero attached hydrogens (tertiary/aromatic N) is 2. The van der Waals surface area contributed by atoms with E-state index < -0.39 is 5.97 Å². The molecule has 2 aromatic carbocycles. The monoisotopic (exact) mass is 464 g/mol. The third-order valence-electron chi connectivity index (χ3n) is 7.07. The van der Waals surface area contributed by atoms with Gasteiger partial charge in [0.1, 0.15) is 5.75 Å². The molecule has 0 bridgehead atoms. The summed E-state index contributed by atoms with van der Waals surface area (Å²) < 4.78 is 5.78. The average Bonchev–Trinajstić information content (AvgIpc) is 3.38. The van der Waals surface area contributed by atoms with E-state index in [0.29, 0.717) is 24.9 Å². The van der Waals surface area contributed by atoms with E-state index >= 15 is 0 Å². The summed E-state index contributed by atoms with van der Waals surface area (Å²) in [5.41, 5.74) is 2.00. The number of benzene rings is 2. The first kappa shape index (κ1) is 24.3. The van der Waals surface area contributed by atoms with Crippen LogP contribution in [0.4, 0.5) is 5.69 Å². The van der Waals surface area contributed by atoms with Gasteiger partial charge in [0.2, 0.25) is 0 Å². The van der Waals surface area contributed by atoms with Crippen LogP contribution in [0.5, 0.6) is 5.75 Å². The number of fused-ring (bicyclic) bond motifs is 1. The number of carboxylic acids is 1. The van der Waals surface area contributed by atoms with Crippen LogP contribution in [-0.4, -0.2) is 47.6 Å². The maximum atomic E-state index is 13.4. The Labute approximate surface area is 202 Å². The summed E-state index contributed by atoms with van der Waals surface area (Å²) in [6, 6.07) is 15.1. The topological polar surface area (TPSA) is 70.1 Å².